The molecule has 3 N–H and O–H groups in total. The van der Waals surface area contributed by atoms with Crippen LogP contribution in [0.2, 0.25) is 0 Å². The van der Waals surface area contributed by atoms with Crippen LogP contribution in [0.3, 0.4) is 0 Å². The first kappa shape index (κ1) is 33.6. The molecule has 1 saturated heterocycles. The fourth-order valence-electron chi connectivity index (χ4n) is 5.34. The lowest BCUT2D eigenvalue weighted by molar-refractivity contribution is 0.0981. The Bertz CT molecular complexity index is 1870. The lowest BCUT2D eigenvalue weighted by Crippen LogP contribution is -2.43. The molecule has 12 heteroatoms. The van der Waals surface area contributed by atoms with E-state index in [2.05, 4.69) is 16.6 Å². The molecule has 1 aliphatic rings. The van der Waals surface area contributed by atoms with Gasteiger partial charge in [-0.25, -0.2) is 19.1 Å². The van der Waals surface area contributed by atoms with E-state index in [0.717, 1.165) is 12.0 Å². The summed E-state index contributed by atoms with van der Waals surface area (Å²) in [6, 6.07) is 19.5. The second-order valence-electron chi connectivity index (χ2n) is 12.7. The van der Waals surface area contributed by atoms with Crippen LogP contribution < -0.4 is 24.8 Å². The van der Waals surface area contributed by atoms with Crippen LogP contribution in [0, 0.1) is 17.7 Å². The number of ether oxygens (including phenoxy) is 2. The molecule has 0 aliphatic carbocycles. The van der Waals surface area contributed by atoms with Crippen molar-refractivity contribution in [1.82, 2.24) is 14.7 Å². The van der Waals surface area contributed by atoms with Crippen LogP contribution in [-0.2, 0) is 16.6 Å². The van der Waals surface area contributed by atoms with Crippen LogP contribution >= 0.6 is 0 Å². The van der Waals surface area contributed by atoms with Crippen LogP contribution in [0.15, 0.2) is 77.8 Å². The van der Waals surface area contributed by atoms with Crippen molar-refractivity contribution in [3.63, 3.8) is 0 Å². The van der Waals surface area contributed by atoms with Crippen molar-refractivity contribution in [2.45, 2.75) is 58.2 Å². The molecule has 3 heterocycles. The van der Waals surface area contributed by atoms with Gasteiger partial charge in [-0.05, 0) is 74.1 Å². The number of nitrogen functional groups attached to an aromatic ring is 1. The molecule has 2 aromatic heterocycles. The van der Waals surface area contributed by atoms with E-state index in [0.29, 0.717) is 30.2 Å². The first-order valence-corrected chi connectivity index (χ1v) is 17.0. The number of nitrogens with one attached hydrogen (secondary N) is 1. The Labute approximate surface area is 275 Å². The molecule has 5 rings (SSSR count). The smallest absolute Gasteiger partial charge is 0.281 e. The number of amides is 1. The van der Waals surface area contributed by atoms with E-state index in [1.165, 1.54) is 30.3 Å². The van der Waals surface area contributed by atoms with Crippen molar-refractivity contribution in [3.8, 4) is 22.8 Å². The molecule has 1 unspecified atom stereocenters. The number of carbonyl (C=O) groups excluding carboxylic acids is 1. The summed E-state index contributed by atoms with van der Waals surface area (Å²) in [5.41, 5.74) is 7.45. The molecule has 47 heavy (non-hydrogen) atoms. The fraction of sp³-hybridized carbons (Fsp3) is 0.343. The van der Waals surface area contributed by atoms with E-state index >= 15 is 0 Å². The Morgan fingerprint density at radius 1 is 1.06 bits per heavy atom. The third-order valence-electron chi connectivity index (χ3n) is 8.41. The molecule has 1 amide bonds. The predicted molar refractivity (Wildman–Crippen MR) is 179 cm³/mol. The number of nitrogens with zero attached hydrogens (tertiary/aromatic N) is 3. The topological polar surface area (TPSA) is 137 Å². The van der Waals surface area contributed by atoms with Gasteiger partial charge in [-0.2, -0.15) is 8.42 Å². The monoisotopic (exact) mass is 661 g/mol. The van der Waals surface area contributed by atoms with Gasteiger partial charge in [0.1, 0.15) is 24.0 Å². The van der Waals surface area contributed by atoms with Crippen LogP contribution in [-0.4, -0.2) is 43.0 Å². The largest absolute Gasteiger partial charge is 0.493 e. The van der Waals surface area contributed by atoms with Gasteiger partial charge in [0.25, 0.3) is 15.9 Å². The van der Waals surface area contributed by atoms with Crippen molar-refractivity contribution >= 4 is 27.6 Å². The number of aromatic nitrogens is 2. The number of sulfonamides is 1. The molecule has 0 radical (unpaired) electrons. The van der Waals surface area contributed by atoms with E-state index in [-0.39, 0.29) is 41.4 Å². The highest BCUT2D eigenvalue weighted by Crippen LogP contribution is 2.39. The summed E-state index contributed by atoms with van der Waals surface area (Å²) >= 11 is 0. The number of rotatable bonds is 11. The summed E-state index contributed by atoms with van der Waals surface area (Å²) in [5.74, 6) is -0.149. The number of pyridine rings is 2. The van der Waals surface area contributed by atoms with Gasteiger partial charge in [0.15, 0.2) is 16.6 Å². The third kappa shape index (κ3) is 7.65. The number of benzene rings is 2. The average molecular weight is 662 g/mol. The van der Waals surface area contributed by atoms with Crippen LogP contribution in [0.4, 0.5) is 16.0 Å². The van der Waals surface area contributed by atoms with Crippen molar-refractivity contribution in [2.75, 3.05) is 23.8 Å². The molecule has 2 aromatic carbocycles. The molecular formula is C35H40FN5O5S. The number of hydrogen-bond donors (Lipinski definition) is 2. The quantitative estimate of drug-likeness (QED) is 0.192. The molecule has 1 atom stereocenters. The Hall–Kier alpha value is -4.71. The lowest BCUT2D eigenvalue weighted by atomic mass is 9.90. The minimum Gasteiger partial charge on any atom is -0.493 e. The Morgan fingerprint density at radius 2 is 1.81 bits per heavy atom. The SMILES string of the molecule is CC(C)COc1cc(F)cc(-c2ccc(C(=O)NS(=O)(=O)c3ccc(OCc4ccccc4)c(N)n3)c(N3CCC(C)C3(C)C)n2)c1. The summed E-state index contributed by atoms with van der Waals surface area (Å²) in [4.78, 5) is 24.5. The number of anilines is 2. The van der Waals surface area contributed by atoms with Crippen molar-refractivity contribution < 1.29 is 27.1 Å². The summed E-state index contributed by atoms with van der Waals surface area (Å²) in [7, 11) is -4.44. The van der Waals surface area contributed by atoms with Crippen LogP contribution in [0.1, 0.15) is 57.0 Å². The lowest BCUT2D eigenvalue weighted by Gasteiger charge is -2.36. The number of halogens is 1. The highest BCUT2D eigenvalue weighted by atomic mass is 32.2. The Balaban J connectivity index is 1.44. The molecule has 1 fully saturated rings. The van der Waals surface area contributed by atoms with Gasteiger partial charge < -0.3 is 20.1 Å². The summed E-state index contributed by atoms with van der Waals surface area (Å²) in [5, 5.41) is -0.439. The van der Waals surface area contributed by atoms with Crippen molar-refractivity contribution in [3.05, 3.63) is 89.7 Å². The number of carbonyl (C=O) groups is 1. The minimum atomic E-state index is -4.44. The first-order valence-electron chi connectivity index (χ1n) is 15.5. The van der Waals surface area contributed by atoms with Crippen molar-refractivity contribution in [2.24, 2.45) is 11.8 Å². The highest BCUT2D eigenvalue weighted by molar-refractivity contribution is 7.90. The zero-order valence-electron chi connectivity index (χ0n) is 27.2. The molecule has 248 valence electrons. The van der Waals surface area contributed by atoms with Gasteiger partial charge in [0.2, 0.25) is 0 Å². The normalized spacial score (nSPS) is 15.9. The fourth-order valence-corrected chi connectivity index (χ4v) is 6.26. The zero-order valence-corrected chi connectivity index (χ0v) is 28.0. The van der Waals surface area contributed by atoms with Crippen LogP contribution in [0.25, 0.3) is 11.3 Å². The van der Waals surface area contributed by atoms with Gasteiger partial charge in [-0.1, -0.05) is 51.1 Å². The van der Waals surface area contributed by atoms with E-state index in [1.807, 2.05) is 62.9 Å². The van der Waals surface area contributed by atoms with Gasteiger partial charge in [-0.3, -0.25) is 4.79 Å². The van der Waals surface area contributed by atoms with Gasteiger partial charge in [-0.15, -0.1) is 0 Å². The summed E-state index contributed by atoms with van der Waals surface area (Å²) in [6.07, 6.45) is 0.841. The molecule has 10 nitrogen and oxygen atoms in total. The third-order valence-corrected chi connectivity index (χ3v) is 9.65. The molecule has 4 aromatic rings. The van der Waals surface area contributed by atoms with Gasteiger partial charge in [0.05, 0.1) is 17.9 Å². The molecule has 0 spiro atoms. The standard InChI is InChI=1S/C35H40FN5O5S/c1-22(2)20-45-27-18-25(17-26(36)19-27)29-12-11-28(33(38-29)41-16-15-23(3)35(41,4)5)34(42)40-47(43,44)31-14-13-30(32(37)39-31)46-21-24-9-7-6-8-10-24/h6-14,17-19,22-23H,15-16,20-21H2,1-5H3,(H2,37,39)(H,40,42). The average Bonchev–Trinajstić information content (AvgIpc) is 3.30. The molecular weight excluding hydrogens is 621 g/mol. The van der Waals surface area contributed by atoms with E-state index < -0.39 is 32.3 Å². The maximum Gasteiger partial charge on any atom is 0.281 e. The van der Waals surface area contributed by atoms with Crippen LogP contribution in [0.5, 0.6) is 11.5 Å². The molecule has 0 bridgehead atoms. The van der Waals surface area contributed by atoms with Gasteiger partial charge in [0, 0.05) is 23.7 Å². The van der Waals surface area contributed by atoms with E-state index in [4.69, 9.17) is 20.2 Å². The molecule has 1 aliphatic heterocycles. The minimum absolute atomic E-state index is 0.0444. The number of hydrogen-bond acceptors (Lipinski definition) is 9. The van der Waals surface area contributed by atoms with Crippen molar-refractivity contribution in [1.29, 1.82) is 0 Å². The zero-order chi connectivity index (χ0) is 33.9. The second kappa shape index (κ2) is 13.6. The maximum absolute atomic E-state index is 14.7. The first-order chi connectivity index (χ1) is 22.2. The summed E-state index contributed by atoms with van der Waals surface area (Å²) < 4.78 is 55.0. The Morgan fingerprint density at radius 3 is 2.47 bits per heavy atom. The number of nitrogens with two attached hydrogens (primary N) is 1. The second-order valence-corrected chi connectivity index (χ2v) is 14.3. The molecule has 0 saturated carbocycles. The Kier molecular flexibility index (Phi) is 9.71. The summed E-state index contributed by atoms with van der Waals surface area (Å²) in [6.45, 7) is 11.4. The predicted octanol–water partition coefficient (Wildman–Crippen LogP) is 6.22. The van der Waals surface area contributed by atoms with Gasteiger partial charge >= 0.3 is 0 Å². The van der Waals surface area contributed by atoms with E-state index in [9.17, 15) is 17.6 Å². The highest BCUT2D eigenvalue weighted by Gasteiger charge is 2.41. The van der Waals surface area contributed by atoms with E-state index in [1.54, 1.807) is 12.1 Å². The maximum atomic E-state index is 14.7.